The first-order valence-electron chi connectivity index (χ1n) is 6.70. The van der Waals surface area contributed by atoms with E-state index < -0.39 is 0 Å². The molecule has 3 aliphatic rings. The minimum Gasteiger partial charge on any atom is -0.394 e. The van der Waals surface area contributed by atoms with E-state index in [1.807, 2.05) is 32.9 Å². The number of amides is 1. The summed E-state index contributed by atoms with van der Waals surface area (Å²) in [4.78, 5) is 12.3. The Bertz CT molecular complexity index is 582. The number of fused-ring (bicyclic) bond motifs is 2. The number of carbonyl (C=O) groups is 1. The standard InChI is InChI=1S/C16H19NO2/c1-16(2,3)14(8-18)17-15(19)11-5-4-10-12-6-9(12)7-13(10)11/h4-5,7,14,18H,6,8H2,1-3H3,(H,17,19)/t14-/m1/s1. The molecule has 3 rings (SSSR count). The Morgan fingerprint density at radius 3 is 2.74 bits per heavy atom. The fraction of sp³-hybridized carbons (Fsp3) is 0.438. The van der Waals surface area contributed by atoms with Crippen LogP contribution in [0.4, 0.5) is 0 Å². The fourth-order valence-electron chi connectivity index (χ4n) is 2.61. The van der Waals surface area contributed by atoms with Crippen molar-refractivity contribution in [1.82, 2.24) is 5.32 Å². The van der Waals surface area contributed by atoms with Crippen LogP contribution in [-0.4, -0.2) is 23.7 Å². The molecule has 19 heavy (non-hydrogen) atoms. The molecular formula is C16H19NO2. The first-order chi connectivity index (χ1) is 8.91. The van der Waals surface area contributed by atoms with Crippen molar-refractivity contribution in [1.29, 1.82) is 0 Å². The van der Waals surface area contributed by atoms with Gasteiger partial charge in [0.25, 0.3) is 5.91 Å². The minimum atomic E-state index is -0.234. The third-order valence-corrected chi connectivity index (χ3v) is 4.05. The third-order valence-electron chi connectivity index (χ3n) is 4.05. The highest BCUT2D eigenvalue weighted by atomic mass is 16.3. The van der Waals surface area contributed by atoms with Gasteiger partial charge in [-0.2, -0.15) is 0 Å². The summed E-state index contributed by atoms with van der Waals surface area (Å²) in [5, 5.41) is 12.4. The van der Waals surface area contributed by atoms with Gasteiger partial charge in [-0.15, -0.1) is 0 Å². The van der Waals surface area contributed by atoms with E-state index in [1.165, 1.54) is 16.7 Å². The average molecular weight is 257 g/mol. The number of carbonyl (C=O) groups excluding carboxylic acids is 1. The number of allylic oxidation sites excluding steroid dienone is 6. The SMILES string of the molecule is CC(C)(C)[C@@H](CO)NC(=O)C1=C2C=C3CC3=C2C=C1. The van der Waals surface area contributed by atoms with Crippen molar-refractivity contribution in [2.45, 2.75) is 33.2 Å². The van der Waals surface area contributed by atoms with Crippen LogP contribution in [0.5, 0.6) is 0 Å². The van der Waals surface area contributed by atoms with Gasteiger partial charge in [0.15, 0.2) is 0 Å². The number of hydrogen-bond donors (Lipinski definition) is 2. The van der Waals surface area contributed by atoms with Gasteiger partial charge >= 0.3 is 0 Å². The Hall–Kier alpha value is -1.61. The monoisotopic (exact) mass is 257 g/mol. The van der Waals surface area contributed by atoms with Crippen LogP contribution >= 0.6 is 0 Å². The van der Waals surface area contributed by atoms with E-state index >= 15 is 0 Å². The van der Waals surface area contributed by atoms with Gasteiger partial charge in [0, 0.05) is 5.57 Å². The van der Waals surface area contributed by atoms with Gasteiger partial charge in [-0.05, 0) is 46.3 Å². The van der Waals surface area contributed by atoms with E-state index in [9.17, 15) is 9.90 Å². The first-order valence-corrected chi connectivity index (χ1v) is 6.70. The molecule has 1 amide bonds. The third kappa shape index (κ3) is 1.98. The fourth-order valence-corrected chi connectivity index (χ4v) is 2.61. The Morgan fingerprint density at radius 2 is 2.11 bits per heavy atom. The van der Waals surface area contributed by atoms with E-state index in [0.717, 1.165) is 17.6 Å². The molecule has 0 spiro atoms. The van der Waals surface area contributed by atoms with Crippen LogP contribution in [0.25, 0.3) is 0 Å². The zero-order valence-corrected chi connectivity index (χ0v) is 11.6. The highest BCUT2D eigenvalue weighted by Gasteiger charge is 2.36. The largest absolute Gasteiger partial charge is 0.394 e. The Kier molecular flexibility index (Phi) is 2.58. The molecule has 2 N–H and O–H groups in total. The number of hydrogen-bond acceptors (Lipinski definition) is 2. The molecule has 3 nitrogen and oxygen atoms in total. The summed E-state index contributed by atoms with van der Waals surface area (Å²) in [5.74, 6) is -0.0889. The van der Waals surface area contributed by atoms with Crippen LogP contribution in [0.3, 0.4) is 0 Å². The Balaban J connectivity index is 1.80. The number of nitrogens with one attached hydrogen (secondary N) is 1. The average Bonchev–Trinajstić information content (AvgIpc) is 2.82. The van der Waals surface area contributed by atoms with Crippen molar-refractivity contribution >= 4 is 5.91 Å². The molecule has 1 atom stereocenters. The molecule has 0 saturated heterocycles. The topological polar surface area (TPSA) is 49.3 Å². The lowest BCUT2D eigenvalue weighted by atomic mass is 9.87. The van der Waals surface area contributed by atoms with Gasteiger partial charge < -0.3 is 10.4 Å². The van der Waals surface area contributed by atoms with Crippen molar-refractivity contribution in [3.8, 4) is 0 Å². The molecule has 0 aromatic rings. The van der Waals surface area contributed by atoms with Crippen molar-refractivity contribution in [2.75, 3.05) is 6.61 Å². The molecule has 3 aliphatic carbocycles. The van der Waals surface area contributed by atoms with Crippen LogP contribution < -0.4 is 5.32 Å². The lowest BCUT2D eigenvalue weighted by Crippen LogP contribution is -2.46. The summed E-state index contributed by atoms with van der Waals surface area (Å²) >= 11 is 0. The van der Waals surface area contributed by atoms with Gasteiger partial charge in [-0.1, -0.05) is 26.8 Å². The quantitative estimate of drug-likeness (QED) is 0.812. The molecule has 0 heterocycles. The van der Waals surface area contributed by atoms with Gasteiger partial charge in [-0.25, -0.2) is 0 Å². The van der Waals surface area contributed by atoms with Crippen LogP contribution in [0, 0.1) is 5.41 Å². The molecule has 0 aromatic carbocycles. The summed E-state index contributed by atoms with van der Waals surface area (Å²) in [6.45, 7) is 5.99. The van der Waals surface area contributed by atoms with Gasteiger partial charge in [0.05, 0.1) is 12.6 Å². The van der Waals surface area contributed by atoms with Crippen LogP contribution in [0.15, 0.2) is 46.1 Å². The maximum absolute atomic E-state index is 12.3. The molecule has 0 radical (unpaired) electrons. The maximum atomic E-state index is 12.3. The zero-order valence-electron chi connectivity index (χ0n) is 11.6. The predicted molar refractivity (Wildman–Crippen MR) is 74.4 cm³/mol. The van der Waals surface area contributed by atoms with Gasteiger partial charge in [-0.3, -0.25) is 4.79 Å². The Labute approximate surface area is 113 Å². The van der Waals surface area contributed by atoms with Crippen molar-refractivity contribution < 1.29 is 9.90 Å². The zero-order chi connectivity index (χ0) is 13.8. The van der Waals surface area contributed by atoms with Gasteiger partial charge in [0.2, 0.25) is 0 Å². The van der Waals surface area contributed by atoms with E-state index in [4.69, 9.17) is 0 Å². The molecule has 0 unspecified atom stereocenters. The second-order valence-corrected chi connectivity index (χ2v) is 6.47. The summed E-state index contributed by atoms with van der Waals surface area (Å²) in [6, 6.07) is -0.234. The Morgan fingerprint density at radius 1 is 1.37 bits per heavy atom. The maximum Gasteiger partial charge on any atom is 0.252 e. The second kappa shape index (κ2) is 3.94. The second-order valence-electron chi connectivity index (χ2n) is 6.47. The minimum absolute atomic E-state index is 0.0450. The van der Waals surface area contributed by atoms with E-state index in [-0.39, 0.29) is 24.0 Å². The molecular weight excluding hydrogens is 238 g/mol. The smallest absolute Gasteiger partial charge is 0.252 e. The van der Waals surface area contributed by atoms with Crippen LogP contribution in [0.1, 0.15) is 27.2 Å². The normalized spacial score (nSPS) is 21.4. The van der Waals surface area contributed by atoms with Crippen LogP contribution in [0.2, 0.25) is 0 Å². The van der Waals surface area contributed by atoms with Gasteiger partial charge in [0.1, 0.15) is 0 Å². The molecule has 100 valence electrons. The summed E-state index contributed by atoms with van der Waals surface area (Å²) < 4.78 is 0. The molecule has 0 aromatic heterocycles. The van der Waals surface area contributed by atoms with Crippen molar-refractivity contribution in [3.63, 3.8) is 0 Å². The van der Waals surface area contributed by atoms with Crippen molar-refractivity contribution in [2.24, 2.45) is 5.41 Å². The highest BCUT2D eigenvalue weighted by Crippen LogP contribution is 2.51. The van der Waals surface area contributed by atoms with E-state index in [0.29, 0.717) is 0 Å². The summed E-state index contributed by atoms with van der Waals surface area (Å²) in [7, 11) is 0. The van der Waals surface area contributed by atoms with E-state index in [1.54, 1.807) is 0 Å². The highest BCUT2D eigenvalue weighted by molar-refractivity contribution is 6.02. The molecule has 0 bridgehead atoms. The number of aliphatic hydroxyl groups is 1. The van der Waals surface area contributed by atoms with E-state index in [2.05, 4.69) is 11.4 Å². The number of aliphatic hydroxyl groups excluding tert-OH is 1. The lowest BCUT2D eigenvalue weighted by Gasteiger charge is -2.30. The lowest BCUT2D eigenvalue weighted by molar-refractivity contribution is -0.119. The molecule has 1 fully saturated rings. The molecule has 0 aliphatic heterocycles. The first kappa shape index (κ1) is 12.4. The summed E-state index contributed by atoms with van der Waals surface area (Å²) in [5.41, 5.74) is 5.61. The predicted octanol–water partition coefficient (Wildman–Crippen LogP) is 2.02. The summed E-state index contributed by atoms with van der Waals surface area (Å²) in [6.07, 6.45) is 7.11. The molecule has 3 heteroatoms. The van der Waals surface area contributed by atoms with Crippen molar-refractivity contribution in [3.05, 3.63) is 46.1 Å². The molecule has 1 saturated carbocycles. The number of rotatable bonds is 3. The van der Waals surface area contributed by atoms with Crippen LogP contribution in [-0.2, 0) is 4.79 Å².